The van der Waals surface area contributed by atoms with Gasteiger partial charge in [0.05, 0.1) is 0 Å². The Labute approximate surface area is 92.2 Å². The summed E-state index contributed by atoms with van der Waals surface area (Å²) in [4.78, 5) is 15.4. The quantitative estimate of drug-likeness (QED) is 0.789. The number of nitrogens with zero attached hydrogens (tertiary/aromatic N) is 2. The van der Waals surface area contributed by atoms with Gasteiger partial charge >= 0.3 is 0 Å². The van der Waals surface area contributed by atoms with Crippen LogP contribution in [0.3, 0.4) is 0 Å². The average molecular weight is 230 g/mol. The zero-order chi connectivity index (χ0) is 10.9. The van der Waals surface area contributed by atoms with E-state index in [1.54, 1.807) is 6.92 Å². The maximum absolute atomic E-state index is 11.3. The average Bonchev–Trinajstić information content (AvgIpc) is 2.58. The number of carbonyl (C=O) groups is 1. The predicted molar refractivity (Wildman–Crippen MR) is 53.4 cm³/mol. The first-order chi connectivity index (χ1) is 7.16. The monoisotopic (exact) mass is 229 g/mol. The third-order valence-corrected chi connectivity index (χ3v) is 2.91. The molecule has 2 rings (SSSR count). The van der Waals surface area contributed by atoms with Gasteiger partial charge in [-0.15, -0.1) is 11.6 Å². The highest BCUT2D eigenvalue weighted by atomic mass is 35.5. The Balaban J connectivity index is 2.18. The molecule has 1 aromatic rings. The van der Waals surface area contributed by atoms with Gasteiger partial charge in [0, 0.05) is 6.92 Å². The molecule has 1 saturated carbocycles. The molecule has 0 spiro atoms. The minimum absolute atomic E-state index is 0.0431. The van der Waals surface area contributed by atoms with Gasteiger partial charge in [-0.1, -0.05) is 5.16 Å². The van der Waals surface area contributed by atoms with Crippen LogP contribution < -0.4 is 5.32 Å². The molecule has 82 valence electrons. The minimum atomic E-state index is -0.441. The van der Waals surface area contributed by atoms with Crippen LogP contribution in [0.5, 0.6) is 0 Å². The molecule has 5 nitrogen and oxygen atoms in total. The van der Waals surface area contributed by atoms with Crippen molar-refractivity contribution in [2.24, 2.45) is 0 Å². The van der Waals surface area contributed by atoms with Crippen molar-refractivity contribution >= 4 is 17.5 Å². The van der Waals surface area contributed by atoms with E-state index in [4.69, 9.17) is 16.1 Å². The topological polar surface area (TPSA) is 68.0 Å². The molecule has 0 saturated heterocycles. The summed E-state index contributed by atoms with van der Waals surface area (Å²) in [6.45, 7) is 1.73. The van der Waals surface area contributed by atoms with Gasteiger partial charge in [0.25, 0.3) is 0 Å². The Bertz CT molecular complexity index is 373. The van der Waals surface area contributed by atoms with E-state index in [0.717, 1.165) is 19.3 Å². The molecule has 1 heterocycles. The number of nitrogens with one attached hydrogen (secondary N) is 1. The molecule has 0 atom stereocenters. The molecule has 1 aromatic heterocycles. The van der Waals surface area contributed by atoms with Crippen molar-refractivity contribution in [3.05, 3.63) is 11.7 Å². The first-order valence-corrected chi connectivity index (χ1v) is 5.37. The Morgan fingerprint density at radius 3 is 2.80 bits per heavy atom. The number of carbonyl (C=O) groups excluding carboxylic acids is 1. The van der Waals surface area contributed by atoms with Crippen molar-refractivity contribution in [1.82, 2.24) is 15.5 Å². The molecule has 0 bridgehead atoms. The SMILES string of the molecule is Cc1nc(C2(NC(=O)CCl)CCC2)no1. The molecule has 1 amide bonds. The molecule has 1 aliphatic carbocycles. The summed E-state index contributed by atoms with van der Waals surface area (Å²) in [5.74, 6) is 0.832. The molecule has 1 aliphatic rings. The van der Waals surface area contributed by atoms with Gasteiger partial charge in [0.2, 0.25) is 11.8 Å². The largest absolute Gasteiger partial charge is 0.342 e. The summed E-state index contributed by atoms with van der Waals surface area (Å²) >= 11 is 5.46. The fraction of sp³-hybridized carbons (Fsp3) is 0.667. The number of hydrogen-bond acceptors (Lipinski definition) is 4. The van der Waals surface area contributed by atoms with Crippen molar-refractivity contribution in [3.8, 4) is 0 Å². The lowest BCUT2D eigenvalue weighted by molar-refractivity contribution is -0.122. The summed E-state index contributed by atoms with van der Waals surface area (Å²) in [7, 11) is 0. The lowest BCUT2D eigenvalue weighted by atomic mass is 9.76. The van der Waals surface area contributed by atoms with Crippen molar-refractivity contribution < 1.29 is 9.32 Å². The highest BCUT2D eigenvalue weighted by Gasteiger charge is 2.43. The van der Waals surface area contributed by atoms with Crippen LogP contribution in [0.2, 0.25) is 0 Å². The van der Waals surface area contributed by atoms with Crippen LogP contribution in [0, 0.1) is 6.92 Å². The maximum atomic E-state index is 11.3. The third-order valence-electron chi connectivity index (χ3n) is 2.66. The van der Waals surface area contributed by atoms with E-state index in [1.165, 1.54) is 0 Å². The van der Waals surface area contributed by atoms with Crippen molar-refractivity contribution in [2.75, 3.05) is 5.88 Å². The predicted octanol–water partition coefficient (Wildman–Crippen LogP) is 1.11. The molecule has 0 aliphatic heterocycles. The molecule has 0 aromatic carbocycles. The minimum Gasteiger partial charge on any atom is -0.342 e. The van der Waals surface area contributed by atoms with E-state index in [1.807, 2.05) is 0 Å². The van der Waals surface area contributed by atoms with Gasteiger partial charge in [-0.25, -0.2) is 0 Å². The second kappa shape index (κ2) is 3.81. The van der Waals surface area contributed by atoms with Crippen molar-refractivity contribution in [2.45, 2.75) is 31.7 Å². The van der Waals surface area contributed by atoms with Crippen LogP contribution in [0.15, 0.2) is 4.52 Å². The smallest absolute Gasteiger partial charge is 0.235 e. The Morgan fingerprint density at radius 1 is 1.67 bits per heavy atom. The van der Waals surface area contributed by atoms with Crippen LogP contribution in [0.25, 0.3) is 0 Å². The highest BCUT2D eigenvalue weighted by molar-refractivity contribution is 6.27. The number of amides is 1. The Morgan fingerprint density at radius 2 is 2.40 bits per heavy atom. The summed E-state index contributed by atoms with van der Waals surface area (Å²) < 4.78 is 4.92. The third kappa shape index (κ3) is 1.84. The fourth-order valence-corrected chi connectivity index (χ4v) is 1.80. The van der Waals surface area contributed by atoms with Crippen molar-refractivity contribution in [3.63, 3.8) is 0 Å². The van der Waals surface area contributed by atoms with Gasteiger partial charge in [-0.2, -0.15) is 4.98 Å². The van der Waals surface area contributed by atoms with Gasteiger partial charge < -0.3 is 9.84 Å². The number of aryl methyl sites for hydroxylation is 1. The second-order valence-corrected chi connectivity index (χ2v) is 4.02. The normalized spacial score (nSPS) is 18.3. The lowest BCUT2D eigenvalue weighted by Crippen LogP contribution is -2.52. The standard InChI is InChI=1S/C9H12ClN3O2/c1-6-11-8(13-15-6)9(3-2-4-9)12-7(14)5-10/h2-5H2,1H3,(H,12,14). The zero-order valence-corrected chi connectivity index (χ0v) is 9.17. The molecule has 0 radical (unpaired) electrons. The molecule has 1 N–H and O–H groups in total. The Hall–Kier alpha value is -1.10. The highest BCUT2D eigenvalue weighted by Crippen LogP contribution is 2.39. The van der Waals surface area contributed by atoms with E-state index >= 15 is 0 Å². The Kier molecular flexibility index (Phi) is 2.65. The molecule has 6 heteroatoms. The van der Waals surface area contributed by atoms with Crippen LogP contribution in [-0.2, 0) is 10.3 Å². The van der Waals surface area contributed by atoms with E-state index in [9.17, 15) is 4.79 Å². The van der Waals surface area contributed by atoms with E-state index in [-0.39, 0.29) is 11.8 Å². The number of rotatable bonds is 3. The van der Waals surface area contributed by atoms with Crippen LogP contribution >= 0.6 is 11.6 Å². The summed E-state index contributed by atoms with van der Waals surface area (Å²) in [5.41, 5.74) is -0.441. The zero-order valence-electron chi connectivity index (χ0n) is 8.42. The van der Waals surface area contributed by atoms with Gasteiger partial charge in [-0.05, 0) is 19.3 Å². The second-order valence-electron chi connectivity index (χ2n) is 3.75. The van der Waals surface area contributed by atoms with Crippen LogP contribution in [0.4, 0.5) is 0 Å². The van der Waals surface area contributed by atoms with E-state index < -0.39 is 5.54 Å². The van der Waals surface area contributed by atoms with Crippen LogP contribution in [0.1, 0.15) is 31.0 Å². The summed E-state index contributed by atoms with van der Waals surface area (Å²) in [6.07, 6.45) is 2.74. The van der Waals surface area contributed by atoms with Crippen LogP contribution in [-0.4, -0.2) is 21.9 Å². The number of halogens is 1. The van der Waals surface area contributed by atoms with Gasteiger partial charge in [0.1, 0.15) is 11.4 Å². The molecule has 0 unspecified atom stereocenters. The molecule has 15 heavy (non-hydrogen) atoms. The van der Waals surface area contributed by atoms with Gasteiger partial charge in [0.15, 0.2) is 5.82 Å². The number of aromatic nitrogens is 2. The number of hydrogen-bond donors (Lipinski definition) is 1. The fourth-order valence-electron chi connectivity index (χ4n) is 1.73. The summed E-state index contributed by atoms with van der Waals surface area (Å²) in [5, 5.41) is 6.71. The van der Waals surface area contributed by atoms with E-state index in [2.05, 4.69) is 15.5 Å². The van der Waals surface area contributed by atoms with Gasteiger partial charge in [-0.3, -0.25) is 4.79 Å². The lowest BCUT2D eigenvalue weighted by Gasteiger charge is -2.39. The van der Waals surface area contributed by atoms with Crippen molar-refractivity contribution in [1.29, 1.82) is 0 Å². The maximum Gasteiger partial charge on any atom is 0.235 e. The molecule has 1 fully saturated rings. The van der Waals surface area contributed by atoms with E-state index in [0.29, 0.717) is 11.7 Å². The first kappa shape index (κ1) is 10.4. The first-order valence-electron chi connectivity index (χ1n) is 4.84. The molecular weight excluding hydrogens is 218 g/mol. The molecular formula is C9H12ClN3O2. The summed E-state index contributed by atoms with van der Waals surface area (Å²) in [6, 6.07) is 0. The number of alkyl halides is 1.